The fourth-order valence-electron chi connectivity index (χ4n) is 1.76. The number of hydrogen-bond acceptors (Lipinski definition) is 3. The lowest BCUT2D eigenvalue weighted by Gasteiger charge is -2.11. The normalized spacial score (nSPS) is 11.6. The molecule has 114 valence electrons. The van der Waals surface area contributed by atoms with Crippen molar-refractivity contribution in [1.29, 1.82) is 0 Å². The highest BCUT2D eigenvalue weighted by molar-refractivity contribution is 7.89. The van der Waals surface area contributed by atoms with Gasteiger partial charge < -0.3 is 4.74 Å². The molecule has 0 aliphatic carbocycles. The quantitative estimate of drug-likeness (QED) is 0.749. The summed E-state index contributed by atoms with van der Waals surface area (Å²) in [6, 6.07) is 3.70. The number of benzene rings is 1. The van der Waals surface area contributed by atoms with Crippen molar-refractivity contribution in [2.45, 2.75) is 33.6 Å². The molecular weight excluding hydrogens is 298 g/mol. The zero-order valence-electron chi connectivity index (χ0n) is 12.2. The molecule has 1 aromatic rings. The minimum atomic E-state index is -3.17. The summed E-state index contributed by atoms with van der Waals surface area (Å²) in [6.07, 6.45) is 1.53. The Balaban J connectivity index is 2.42. The number of ether oxygens (including phenoxy) is 1. The third-order valence-corrected chi connectivity index (χ3v) is 4.94. The first-order valence-electron chi connectivity index (χ1n) is 6.72. The predicted octanol–water partition coefficient (Wildman–Crippen LogP) is 3.06. The SMILES string of the molecule is CCCCS(=O)(=O)NCCOc1cc(C)c(Cl)c(C)c1. The van der Waals surface area contributed by atoms with Crippen LogP contribution in [0.1, 0.15) is 30.9 Å². The second kappa shape index (κ2) is 7.86. The third kappa shape index (κ3) is 5.69. The standard InChI is InChI=1S/C14H22ClNO3S/c1-4-5-8-20(17,18)16-6-7-19-13-9-11(2)14(15)12(3)10-13/h9-10,16H,4-8H2,1-3H3. The molecule has 0 fully saturated rings. The van der Waals surface area contributed by atoms with E-state index in [1.54, 1.807) is 0 Å². The van der Waals surface area contributed by atoms with E-state index in [0.29, 0.717) is 18.8 Å². The second-order valence-electron chi connectivity index (χ2n) is 4.79. The number of sulfonamides is 1. The molecule has 0 spiro atoms. The van der Waals surface area contributed by atoms with Crippen LogP contribution in [0, 0.1) is 13.8 Å². The van der Waals surface area contributed by atoms with E-state index in [1.807, 2.05) is 32.9 Å². The van der Waals surface area contributed by atoms with Gasteiger partial charge in [-0.25, -0.2) is 13.1 Å². The summed E-state index contributed by atoms with van der Waals surface area (Å²) in [5.41, 5.74) is 1.90. The lowest BCUT2D eigenvalue weighted by molar-refractivity contribution is 0.322. The summed E-state index contributed by atoms with van der Waals surface area (Å²) in [7, 11) is -3.17. The van der Waals surface area contributed by atoms with Gasteiger partial charge in [0, 0.05) is 11.6 Å². The highest BCUT2D eigenvalue weighted by atomic mass is 35.5. The molecule has 0 unspecified atom stereocenters. The van der Waals surface area contributed by atoms with Gasteiger partial charge in [-0.05, 0) is 43.5 Å². The van der Waals surface area contributed by atoms with Crippen molar-refractivity contribution in [3.63, 3.8) is 0 Å². The topological polar surface area (TPSA) is 55.4 Å². The van der Waals surface area contributed by atoms with E-state index in [1.165, 1.54) is 0 Å². The Hall–Kier alpha value is -0.780. The minimum absolute atomic E-state index is 0.169. The average molecular weight is 320 g/mol. The van der Waals surface area contributed by atoms with Gasteiger partial charge in [-0.1, -0.05) is 24.9 Å². The molecule has 0 aliphatic rings. The van der Waals surface area contributed by atoms with Gasteiger partial charge in [-0.2, -0.15) is 0 Å². The van der Waals surface area contributed by atoms with E-state index in [9.17, 15) is 8.42 Å². The number of nitrogens with one attached hydrogen (secondary N) is 1. The van der Waals surface area contributed by atoms with Crippen molar-refractivity contribution in [1.82, 2.24) is 4.72 Å². The highest BCUT2D eigenvalue weighted by Crippen LogP contribution is 2.25. The van der Waals surface area contributed by atoms with Crippen LogP contribution >= 0.6 is 11.6 Å². The minimum Gasteiger partial charge on any atom is -0.492 e. The monoisotopic (exact) mass is 319 g/mol. The van der Waals surface area contributed by atoms with Gasteiger partial charge in [0.1, 0.15) is 12.4 Å². The molecular formula is C14H22ClNO3S. The van der Waals surface area contributed by atoms with Gasteiger partial charge in [0.05, 0.1) is 5.75 Å². The molecule has 0 heterocycles. The molecule has 1 aromatic carbocycles. The Morgan fingerprint density at radius 3 is 2.40 bits per heavy atom. The van der Waals surface area contributed by atoms with Crippen LogP contribution in [-0.4, -0.2) is 27.3 Å². The zero-order chi connectivity index (χ0) is 15.2. The van der Waals surface area contributed by atoms with E-state index < -0.39 is 10.0 Å². The largest absolute Gasteiger partial charge is 0.492 e. The molecule has 0 aromatic heterocycles. The summed E-state index contributed by atoms with van der Waals surface area (Å²) in [5, 5.41) is 0.734. The fourth-order valence-corrected chi connectivity index (χ4v) is 3.08. The number of halogens is 1. The van der Waals surface area contributed by atoms with E-state index in [0.717, 1.165) is 22.6 Å². The van der Waals surface area contributed by atoms with Crippen LogP contribution < -0.4 is 9.46 Å². The number of unbranched alkanes of at least 4 members (excludes halogenated alkanes) is 1. The molecule has 0 bridgehead atoms. The number of aryl methyl sites for hydroxylation is 2. The Morgan fingerprint density at radius 1 is 1.25 bits per heavy atom. The predicted molar refractivity (Wildman–Crippen MR) is 83.1 cm³/mol. The smallest absolute Gasteiger partial charge is 0.211 e. The van der Waals surface area contributed by atoms with E-state index in [4.69, 9.17) is 16.3 Å². The molecule has 0 saturated heterocycles. The van der Waals surface area contributed by atoms with Crippen molar-refractivity contribution in [3.05, 3.63) is 28.3 Å². The van der Waals surface area contributed by atoms with Gasteiger partial charge >= 0.3 is 0 Å². The maximum Gasteiger partial charge on any atom is 0.211 e. The van der Waals surface area contributed by atoms with Crippen LogP contribution in [0.25, 0.3) is 0 Å². The molecule has 0 saturated carbocycles. The Labute approximate surface area is 126 Å². The zero-order valence-corrected chi connectivity index (χ0v) is 13.8. The Morgan fingerprint density at radius 2 is 1.85 bits per heavy atom. The first-order chi connectivity index (χ1) is 9.35. The maximum atomic E-state index is 11.6. The first-order valence-corrected chi connectivity index (χ1v) is 8.75. The van der Waals surface area contributed by atoms with Crippen molar-refractivity contribution in [2.24, 2.45) is 0 Å². The second-order valence-corrected chi connectivity index (χ2v) is 7.09. The molecule has 1 N–H and O–H groups in total. The van der Waals surface area contributed by atoms with Crippen molar-refractivity contribution in [2.75, 3.05) is 18.9 Å². The number of hydrogen-bond donors (Lipinski definition) is 1. The maximum absolute atomic E-state index is 11.6. The molecule has 0 amide bonds. The van der Waals surface area contributed by atoms with Gasteiger partial charge in [-0.3, -0.25) is 0 Å². The van der Waals surface area contributed by atoms with Gasteiger partial charge in [0.25, 0.3) is 0 Å². The highest BCUT2D eigenvalue weighted by Gasteiger charge is 2.08. The lowest BCUT2D eigenvalue weighted by atomic mass is 10.1. The summed E-state index contributed by atoms with van der Waals surface area (Å²) >= 11 is 6.07. The average Bonchev–Trinajstić information content (AvgIpc) is 2.38. The van der Waals surface area contributed by atoms with Gasteiger partial charge in [-0.15, -0.1) is 0 Å². The van der Waals surface area contributed by atoms with Crippen molar-refractivity contribution >= 4 is 21.6 Å². The van der Waals surface area contributed by atoms with E-state index in [-0.39, 0.29) is 12.3 Å². The van der Waals surface area contributed by atoms with Crippen LogP contribution in [0.2, 0.25) is 5.02 Å². The molecule has 4 nitrogen and oxygen atoms in total. The van der Waals surface area contributed by atoms with Crippen LogP contribution in [0.3, 0.4) is 0 Å². The van der Waals surface area contributed by atoms with Gasteiger partial charge in [0.2, 0.25) is 10.0 Å². The molecule has 6 heteroatoms. The third-order valence-electron chi connectivity index (χ3n) is 2.87. The van der Waals surface area contributed by atoms with Crippen molar-refractivity contribution in [3.8, 4) is 5.75 Å². The summed E-state index contributed by atoms with van der Waals surface area (Å²) in [6.45, 7) is 6.35. The molecule has 0 aliphatic heterocycles. The van der Waals surface area contributed by atoms with Crippen molar-refractivity contribution < 1.29 is 13.2 Å². The molecule has 0 radical (unpaired) electrons. The Kier molecular flexibility index (Phi) is 6.79. The van der Waals surface area contributed by atoms with Crippen LogP contribution in [0.5, 0.6) is 5.75 Å². The summed E-state index contributed by atoms with van der Waals surface area (Å²) < 4.78 is 31.2. The van der Waals surface area contributed by atoms with E-state index >= 15 is 0 Å². The molecule has 20 heavy (non-hydrogen) atoms. The lowest BCUT2D eigenvalue weighted by Crippen LogP contribution is -2.30. The number of rotatable bonds is 8. The first kappa shape index (κ1) is 17.3. The molecule has 0 atom stereocenters. The van der Waals surface area contributed by atoms with Crippen LogP contribution in [0.4, 0.5) is 0 Å². The van der Waals surface area contributed by atoms with E-state index in [2.05, 4.69) is 4.72 Å². The molecule has 1 rings (SSSR count). The van der Waals surface area contributed by atoms with Gasteiger partial charge in [0.15, 0.2) is 0 Å². The Bertz CT molecular complexity index is 520. The summed E-state index contributed by atoms with van der Waals surface area (Å²) in [5.74, 6) is 0.875. The van der Waals surface area contributed by atoms with Crippen LogP contribution in [0.15, 0.2) is 12.1 Å². The summed E-state index contributed by atoms with van der Waals surface area (Å²) in [4.78, 5) is 0. The fraction of sp³-hybridized carbons (Fsp3) is 0.571. The van der Waals surface area contributed by atoms with Crippen LogP contribution in [-0.2, 0) is 10.0 Å².